The first kappa shape index (κ1) is 13.8. The first-order chi connectivity index (χ1) is 8.54. The third-order valence-electron chi connectivity index (χ3n) is 2.75. The van der Waals surface area contributed by atoms with Crippen LogP contribution in [0.1, 0.15) is 18.6 Å². The van der Waals surface area contributed by atoms with Gasteiger partial charge in [-0.05, 0) is 24.6 Å². The molecule has 0 amide bonds. The van der Waals surface area contributed by atoms with Crippen molar-refractivity contribution >= 4 is 28.5 Å². The van der Waals surface area contributed by atoms with Gasteiger partial charge in [-0.2, -0.15) is 0 Å². The van der Waals surface area contributed by atoms with Crippen LogP contribution in [-0.4, -0.2) is 36.5 Å². The molecule has 1 aromatic rings. The van der Waals surface area contributed by atoms with Gasteiger partial charge >= 0.3 is 7.12 Å². The zero-order valence-electron chi connectivity index (χ0n) is 9.97. The summed E-state index contributed by atoms with van der Waals surface area (Å²) in [6.45, 7) is 2.07. The molecule has 2 atom stereocenters. The highest BCUT2D eigenvalue weighted by Gasteiger charge is 2.38. The first-order valence-electron chi connectivity index (χ1n) is 5.71. The lowest BCUT2D eigenvalue weighted by atomic mass is 9.78. The number of aliphatic hydroxyl groups is 1. The van der Waals surface area contributed by atoms with Gasteiger partial charge in [-0.1, -0.05) is 15.9 Å². The molecule has 1 aromatic carbocycles. The van der Waals surface area contributed by atoms with E-state index in [2.05, 4.69) is 15.9 Å². The maximum atomic E-state index is 9.91. The number of fused-ring (bicyclic) bond motifs is 1. The molecule has 4 N–H and O–H groups in total. The normalized spacial score (nSPS) is 19.8. The smallest absolute Gasteiger partial charge is 0.491 e. The van der Waals surface area contributed by atoms with Gasteiger partial charge in [-0.15, -0.1) is 0 Å². The molecule has 2 unspecified atom stereocenters. The van der Waals surface area contributed by atoms with Crippen LogP contribution in [0.2, 0.25) is 0 Å². The largest absolute Gasteiger partial charge is 0.495 e. The molecule has 0 aromatic heterocycles. The Morgan fingerprint density at radius 2 is 2.33 bits per heavy atom. The summed E-state index contributed by atoms with van der Waals surface area (Å²) in [5.74, 6) is 0.512. The van der Waals surface area contributed by atoms with Crippen molar-refractivity contribution in [3.05, 3.63) is 22.2 Å². The minimum absolute atomic E-state index is 0.161. The lowest BCUT2D eigenvalue weighted by Crippen LogP contribution is -2.31. The number of benzene rings is 1. The molecule has 0 bridgehead atoms. The fourth-order valence-electron chi connectivity index (χ4n) is 1.97. The monoisotopic (exact) mass is 315 g/mol. The Kier molecular flexibility index (Phi) is 4.29. The molecule has 0 aliphatic carbocycles. The van der Waals surface area contributed by atoms with Crippen LogP contribution >= 0.6 is 15.9 Å². The average Bonchev–Trinajstić information content (AvgIpc) is 2.67. The molecule has 2 rings (SSSR count). The van der Waals surface area contributed by atoms with Crippen molar-refractivity contribution in [2.45, 2.75) is 19.1 Å². The van der Waals surface area contributed by atoms with E-state index < -0.39 is 13.2 Å². The molecule has 1 heterocycles. The molecule has 5 nitrogen and oxygen atoms in total. The van der Waals surface area contributed by atoms with E-state index >= 15 is 0 Å². The van der Waals surface area contributed by atoms with Crippen molar-refractivity contribution in [3.8, 4) is 5.75 Å². The average molecular weight is 316 g/mol. The lowest BCUT2D eigenvalue weighted by molar-refractivity contribution is 0.123. The Balaban J connectivity index is 2.36. The Hall–Kier alpha value is -0.595. The van der Waals surface area contributed by atoms with Crippen LogP contribution in [0.5, 0.6) is 5.75 Å². The summed E-state index contributed by atoms with van der Waals surface area (Å²) in [7, 11) is -1.05. The van der Waals surface area contributed by atoms with Crippen LogP contribution in [0.25, 0.3) is 0 Å². The van der Waals surface area contributed by atoms with Crippen LogP contribution in [0.15, 0.2) is 16.6 Å². The minimum Gasteiger partial charge on any atom is -0.491 e. The van der Waals surface area contributed by atoms with E-state index in [9.17, 15) is 10.1 Å². The predicted octanol–water partition coefficient (Wildman–Crippen LogP) is -0.0738. The molecule has 1 aliphatic rings. The summed E-state index contributed by atoms with van der Waals surface area (Å²) in [6.07, 6.45) is -0.923. The molecule has 0 saturated heterocycles. The van der Waals surface area contributed by atoms with Gasteiger partial charge in [0.2, 0.25) is 0 Å². The minimum atomic E-state index is -1.05. The maximum absolute atomic E-state index is 9.91. The third kappa shape index (κ3) is 2.55. The van der Waals surface area contributed by atoms with Crippen molar-refractivity contribution in [1.82, 2.24) is 0 Å². The van der Waals surface area contributed by atoms with Gasteiger partial charge in [0.25, 0.3) is 0 Å². The number of hydrogen-bond donors (Lipinski definition) is 3. The SMILES string of the molecule is CC(O)COc1ccc(Br)c2c1B(O)OC2CN. The van der Waals surface area contributed by atoms with Gasteiger partial charge in [-0.3, -0.25) is 0 Å². The standard InChI is InChI=1S/C11H15BBrNO4/c1-6(15)5-17-8-3-2-7(13)10-9(4-14)18-12(16)11(8)10/h2-3,6,9,15-16H,4-5,14H2,1H3. The van der Waals surface area contributed by atoms with Gasteiger partial charge < -0.3 is 25.3 Å². The Morgan fingerprint density at radius 3 is 2.94 bits per heavy atom. The summed E-state index contributed by atoms with van der Waals surface area (Å²) < 4.78 is 11.7. The molecular weight excluding hydrogens is 301 g/mol. The van der Waals surface area contributed by atoms with E-state index in [0.29, 0.717) is 11.2 Å². The quantitative estimate of drug-likeness (QED) is 0.677. The summed E-state index contributed by atoms with van der Waals surface area (Å²) in [5.41, 5.74) is 7.01. The van der Waals surface area contributed by atoms with E-state index in [4.69, 9.17) is 15.1 Å². The van der Waals surface area contributed by atoms with Crippen LogP contribution in [-0.2, 0) is 4.65 Å². The third-order valence-corrected chi connectivity index (χ3v) is 3.44. The van der Waals surface area contributed by atoms with E-state index in [1.807, 2.05) is 6.07 Å². The van der Waals surface area contributed by atoms with E-state index in [1.165, 1.54) is 0 Å². The van der Waals surface area contributed by atoms with Gasteiger partial charge in [0.1, 0.15) is 12.4 Å². The Bertz CT molecular complexity index is 443. The van der Waals surface area contributed by atoms with Crippen molar-refractivity contribution in [2.24, 2.45) is 5.73 Å². The number of halogens is 1. The number of nitrogens with two attached hydrogens (primary N) is 1. The number of aliphatic hydroxyl groups excluding tert-OH is 1. The number of ether oxygens (including phenoxy) is 1. The van der Waals surface area contributed by atoms with E-state index in [1.54, 1.807) is 13.0 Å². The van der Waals surface area contributed by atoms with Crippen LogP contribution < -0.4 is 15.9 Å². The molecule has 0 spiro atoms. The Morgan fingerprint density at radius 1 is 1.61 bits per heavy atom. The molecule has 0 radical (unpaired) electrons. The lowest BCUT2D eigenvalue weighted by Gasteiger charge is -2.14. The van der Waals surface area contributed by atoms with Crippen molar-refractivity contribution in [3.63, 3.8) is 0 Å². The Labute approximate surface area is 114 Å². The molecule has 7 heteroatoms. The zero-order chi connectivity index (χ0) is 13.3. The van der Waals surface area contributed by atoms with Crippen molar-refractivity contribution < 1.29 is 19.5 Å². The van der Waals surface area contributed by atoms with E-state index in [-0.39, 0.29) is 19.3 Å². The van der Waals surface area contributed by atoms with Gasteiger partial charge in [-0.25, -0.2) is 0 Å². The summed E-state index contributed by atoms with van der Waals surface area (Å²) in [6, 6.07) is 3.55. The highest BCUT2D eigenvalue weighted by molar-refractivity contribution is 9.10. The van der Waals surface area contributed by atoms with E-state index in [0.717, 1.165) is 10.0 Å². The van der Waals surface area contributed by atoms with Crippen LogP contribution in [0.4, 0.5) is 0 Å². The first-order valence-corrected chi connectivity index (χ1v) is 6.50. The zero-order valence-corrected chi connectivity index (χ0v) is 11.6. The van der Waals surface area contributed by atoms with Crippen molar-refractivity contribution in [2.75, 3.05) is 13.2 Å². The molecular formula is C11H15BBrNO4. The summed E-state index contributed by atoms with van der Waals surface area (Å²) in [5, 5.41) is 19.1. The highest BCUT2D eigenvalue weighted by atomic mass is 79.9. The second-order valence-electron chi connectivity index (χ2n) is 4.25. The number of hydrogen-bond acceptors (Lipinski definition) is 5. The fraction of sp³-hybridized carbons (Fsp3) is 0.455. The topological polar surface area (TPSA) is 84.9 Å². The molecule has 18 heavy (non-hydrogen) atoms. The fourth-order valence-corrected chi connectivity index (χ4v) is 2.57. The second-order valence-corrected chi connectivity index (χ2v) is 5.10. The second kappa shape index (κ2) is 5.58. The van der Waals surface area contributed by atoms with Gasteiger partial charge in [0.15, 0.2) is 0 Å². The van der Waals surface area contributed by atoms with Crippen LogP contribution in [0.3, 0.4) is 0 Å². The number of rotatable bonds is 4. The predicted molar refractivity (Wildman–Crippen MR) is 71.8 cm³/mol. The maximum Gasteiger partial charge on any atom is 0.495 e. The molecule has 0 saturated carbocycles. The van der Waals surface area contributed by atoms with Gasteiger partial charge in [0, 0.05) is 16.5 Å². The van der Waals surface area contributed by atoms with Crippen molar-refractivity contribution in [1.29, 1.82) is 0 Å². The molecule has 0 fully saturated rings. The van der Waals surface area contributed by atoms with Crippen LogP contribution in [0, 0.1) is 0 Å². The van der Waals surface area contributed by atoms with Gasteiger partial charge in [0.05, 0.1) is 12.2 Å². The molecule has 98 valence electrons. The molecule has 1 aliphatic heterocycles. The summed E-state index contributed by atoms with van der Waals surface area (Å²) in [4.78, 5) is 0. The highest BCUT2D eigenvalue weighted by Crippen LogP contribution is 2.33. The summed E-state index contributed by atoms with van der Waals surface area (Å²) >= 11 is 3.42.